The third-order valence-electron chi connectivity index (χ3n) is 5.67. The SMILES string of the molecule is COc1ccc(C2(C(=O)N[C@H](c3ccccc3OC)c3nccn3C)CC2)cc1. The molecule has 0 bridgehead atoms. The van der Waals surface area contributed by atoms with Crippen LogP contribution in [0.1, 0.15) is 35.8 Å². The Bertz CT molecular complexity index is 1010. The van der Waals surface area contributed by atoms with Crippen molar-refractivity contribution >= 4 is 5.91 Å². The first-order chi connectivity index (χ1) is 14.1. The molecule has 1 heterocycles. The van der Waals surface area contributed by atoms with Gasteiger partial charge in [0, 0.05) is 25.0 Å². The van der Waals surface area contributed by atoms with Crippen LogP contribution >= 0.6 is 0 Å². The Morgan fingerprint density at radius 1 is 1.10 bits per heavy atom. The fourth-order valence-electron chi connectivity index (χ4n) is 3.79. The zero-order valence-electron chi connectivity index (χ0n) is 16.9. The molecule has 1 aliphatic rings. The number of hydrogen-bond acceptors (Lipinski definition) is 4. The second kappa shape index (κ2) is 7.62. The summed E-state index contributed by atoms with van der Waals surface area (Å²) in [5, 5.41) is 3.25. The number of amides is 1. The summed E-state index contributed by atoms with van der Waals surface area (Å²) in [5.41, 5.74) is 1.38. The Morgan fingerprint density at radius 3 is 2.41 bits per heavy atom. The van der Waals surface area contributed by atoms with Gasteiger partial charge in [-0.2, -0.15) is 0 Å². The highest BCUT2D eigenvalue weighted by Gasteiger charge is 2.52. The van der Waals surface area contributed by atoms with E-state index in [0.717, 1.165) is 41.3 Å². The molecule has 29 heavy (non-hydrogen) atoms. The zero-order valence-corrected chi connectivity index (χ0v) is 16.9. The number of methoxy groups -OCH3 is 2. The van der Waals surface area contributed by atoms with Crippen molar-refractivity contribution in [1.82, 2.24) is 14.9 Å². The number of benzene rings is 2. The van der Waals surface area contributed by atoms with Crippen molar-refractivity contribution in [2.45, 2.75) is 24.3 Å². The van der Waals surface area contributed by atoms with Gasteiger partial charge in [-0.25, -0.2) is 4.98 Å². The molecule has 1 aliphatic carbocycles. The minimum Gasteiger partial charge on any atom is -0.497 e. The molecule has 6 nitrogen and oxygen atoms in total. The van der Waals surface area contributed by atoms with E-state index in [9.17, 15) is 4.79 Å². The molecule has 150 valence electrons. The minimum absolute atomic E-state index is 0.00146. The lowest BCUT2D eigenvalue weighted by molar-refractivity contribution is -0.124. The first kappa shape index (κ1) is 19.1. The Balaban J connectivity index is 1.67. The van der Waals surface area contributed by atoms with E-state index in [-0.39, 0.29) is 5.91 Å². The van der Waals surface area contributed by atoms with E-state index in [4.69, 9.17) is 9.47 Å². The van der Waals surface area contributed by atoms with Crippen LogP contribution in [0.15, 0.2) is 60.9 Å². The highest BCUT2D eigenvalue weighted by molar-refractivity contribution is 5.91. The van der Waals surface area contributed by atoms with Crippen molar-refractivity contribution in [2.24, 2.45) is 7.05 Å². The van der Waals surface area contributed by atoms with Gasteiger partial charge in [-0.1, -0.05) is 30.3 Å². The smallest absolute Gasteiger partial charge is 0.231 e. The number of rotatable bonds is 7. The fraction of sp³-hybridized carbons (Fsp3) is 0.304. The van der Waals surface area contributed by atoms with Crippen molar-refractivity contribution in [3.63, 3.8) is 0 Å². The van der Waals surface area contributed by atoms with Crippen LogP contribution in [0.4, 0.5) is 0 Å². The summed E-state index contributed by atoms with van der Waals surface area (Å²) in [4.78, 5) is 17.9. The molecule has 1 aromatic heterocycles. The first-order valence-electron chi connectivity index (χ1n) is 9.64. The van der Waals surface area contributed by atoms with Gasteiger partial charge in [-0.05, 0) is 36.6 Å². The van der Waals surface area contributed by atoms with Gasteiger partial charge < -0.3 is 19.4 Å². The number of nitrogens with one attached hydrogen (secondary N) is 1. The summed E-state index contributed by atoms with van der Waals surface area (Å²) in [6.45, 7) is 0. The molecule has 0 saturated heterocycles. The van der Waals surface area contributed by atoms with Gasteiger partial charge in [0.25, 0.3) is 0 Å². The Morgan fingerprint density at radius 2 is 1.83 bits per heavy atom. The molecule has 1 N–H and O–H groups in total. The van der Waals surface area contributed by atoms with Gasteiger partial charge >= 0.3 is 0 Å². The second-order valence-electron chi connectivity index (χ2n) is 7.36. The molecule has 2 aromatic carbocycles. The van der Waals surface area contributed by atoms with E-state index >= 15 is 0 Å². The van der Waals surface area contributed by atoms with Crippen LogP contribution in [0.3, 0.4) is 0 Å². The molecule has 0 spiro atoms. The van der Waals surface area contributed by atoms with Gasteiger partial charge in [0.15, 0.2) is 0 Å². The average molecular weight is 391 g/mol. The third-order valence-corrected chi connectivity index (χ3v) is 5.67. The van der Waals surface area contributed by atoms with Crippen LogP contribution in [0.2, 0.25) is 0 Å². The van der Waals surface area contributed by atoms with Crippen LogP contribution in [0.25, 0.3) is 0 Å². The van der Waals surface area contributed by atoms with Gasteiger partial charge in [0.1, 0.15) is 23.4 Å². The number of aryl methyl sites for hydroxylation is 1. The summed E-state index contributed by atoms with van der Waals surface area (Å²) in [6.07, 6.45) is 5.26. The van der Waals surface area contributed by atoms with Gasteiger partial charge in [0.05, 0.1) is 19.6 Å². The molecule has 4 rings (SSSR count). The molecule has 3 aromatic rings. The average Bonchev–Trinajstić information content (AvgIpc) is 3.47. The van der Waals surface area contributed by atoms with Gasteiger partial charge in [0.2, 0.25) is 5.91 Å². The maximum atomic E-state index is 13.5. The van der Waals surface area contributed by atoms with Crippen LogP contribution in [0, 0.1) is 0 Å². The molecule has 0 aliphatic heterocycles. The second-order valence-corrected chi connectivity index (χ2v) is 7.36. The van der Waals surface area contributed by atoms with Crippen molar-refractivity contribution in [3.05, 3.63) is 77.9 Å². The molecule has 0 unspecified atom stereocenters. The van der Waals surface area contributed by atoms with Crippen molar-refractivity contribution in [1.29, 1.82) is 0 Å². The van der Waals surface area contributed by atoms with Gasteiger partial charge in [-0.3, -0.25) is 4.79 Å². The maximum absolute atomic E-state index is 13.5. The van der Waals surface area contributed by atoms with Crippen molar-refractivity contribution in [3.8, 4) is 11.5 Å². The topological polar surface area (TPSA) is 65.4 Å². The first-order valence-corrected chi connectivity index (χ1v) is 9.64. The van der Waals surface area contributed by atoms with Gasteiger partial charge in [-0.15, -0.1) is 0 Å². The molecule has 1 atom stereocenters. The molecular formula is C23H25N3O3. The normalized spacial score (nSPS) is 15.4. The van der Waals surface area contributed by atoms with Crippen molar-refractivity contribution < 1.29 is 14.3 Å². The lowest BCUT2D eigenvalue weighted by Crippen LogP contribution is -2.38. The summed E-state index contributed by atoms with van der Waals surface area (Å²) >= 11 is 0. The number of hydrogen-bond donors (Lipinski definition) is 1. The molecule has 1 fully saturated rings. The lowest BCUT2D eigenvalue weighted by Gasteiger charge is -2.24. The number of aromatic nitrogens is 2. The van der Waals surface area contributed by atoms with Crippen LogP contribution in [0.5, 0.6) is 11.5 Å². The molecule has 1 saturated carbocycles. The summed E-state index contributed by atoms with van der Waals surface area (Å²) < 4.78 is 12.7. The van der Waals surface area contributed by atoms with E-state index in [1.807, 2.05) is 66.3 Å². The highest BCUT2D eigenvalue weighted by atomic mass is 16.5. The Hall–Kier alpha value is -3.28. The fourth-order valence-corrected chi connectivity index (χ4v) is 3.79. The number of nitrogens with zero attached hydrogens (tertiary/aromatic N) is 2. The highest BCUT2D eigenvalue weighted by Crippen LogP contribution is 2.49. The molecular weight excluding hydrogens is 366 g/mol. The predicted molar refractivity (Wildman–Crippen MR) is 110 cm³/mol. The molecule has 0 radical (unpaired) electrons. The third kappa shape index (κ3) is 3.46. The standard InChI is InChI=1S/C23H25N3O3/c1-26-15-14-24-21(26)20(18-6-4-5-7-19(18)29-3)25-22(27)23(12-13-23)16-8-10-17(28-2)11-9-16/h4-11,14-15,20H,12-13H2,1-3H3,(H,25,27)/t20-/m1/s1. The lowest BCUT2D eigenvalue weighted by atomic mass is 9.93. The van der Waals surface area contributed by atoms with Crippen LogP contribution in [-0.4, -0.2) is 29.7 Å². The molecule has 1 amide bonds. The number of para-hydroxylation sites is 1. The summed E-state index contributed by atoms with van der Waals surface area (Å²) in [6, 6.07) is 15.1. The van der Waals surface area contributed by atoms with E-state index in [2.05, 4.69) is 10.3 Å². The molecule has 6 heteroatoms. The number of carbonyl (C=O) groups excluding carboxylic acids is 1. The quantitative estimate of drug-likeness (QED) is 0.671. The van der Waals surface area contributed by atoms with E-state index in [1.165, 1.54) is 0 Å². The largest absolute Gasteiger partial charge is 0.497 e. The summed E-state index contributed by atoms with van der Waals surface area (Å²) in [7, 11) is 5.20. The summed E-state index contributed by atoms with van der Waals surface area (Å²) in [5.74, 6) is 2.26. The number of imidazole rings is 1. The number of carbonyl (C=O) groups is 1. The maximum Gasteiger partial charge on any atom is 0.231 e. The monoisotopic (exact) mass is 391 g/mol. The van der Waals surface area contributed by atoms with Crippen LogP contribution < -0.4 is 14.8 Å². The van der Waals surface area contributed by atoms with E-state index < -0.39 is 11.5 Å². The zero-order chi connectivity index (χ0) is 20.4. The number of ether oxygens (including phenoxy) is 2. The van der Waals surface area contributed by atoms with Crippen molar-refractivity contribution in [2.75, 3.05) is 14.2 Å². The predicted octanol–water partition coefficient (Wildman–Crippen LogP) is 3.37. The van der Waals surface area contributed by atoms with E-state index in [1.54, 1.807) is 20.4 Å². The van der Waals surface area contributed by atoms with Crippen LogP contribution in [-0.2, 0) is 17.3 Å². The minimum atomic E-state index is -0.502. The van der Waals surface area contributed by atoms with E-state index in [0.29, 0.717) is 0 Å². The Labute approximate surface area is 170 Å². The Kier molecular flexibility index (Phi) is 5.01.